The van der Waals surface area contributed by atoms with Gasteiger partial charge < -0.3 is 19.9 Å². The highest BCUT2D eigenvalue weighted by Gasteiger charge is 2.19. The number of hydrogen-bond donors (Lipinski definition) is 1. The fourth-order valence-corrected chi connectivity index (χ4v) is 1.30. The van der Waals surface area contributed by atoms with E-state index >= 15 is 0 Å². The van der Waals surface area contributed by atoms with Crippen LogP contribution in [0.25, 0.3) is 0 Å². The minimum atomic E-state index is 0.354. The zero-order chi connectivity index (χ0) is 9.97. The normalized spacial score (nSPS) is 13.9. The Morgan fingerprint density at radius 2 is 2.29 bits per heavy atom. The smallest absolute Gasteiger partial charge is 0.261 e. The van der Waals surface area contributed by atoms with Crippen molar-refractivity contribution in [2.24, 2.45) is 5.73 Å². The average Bonchev–Trinajstić information content (AvgIpc) is 2.27. The van der Waals surface area contributed by atoms with E-state index in [4.69, 9.17) is 19.9 Å². The van der Waals surface area contributed by atoms with Gasteiger partial charge in [0.25, 0.3) is 5.88 Å². The molecule has 1 aromatic heterocycles. The molecule has 2 heterocycles. The molecule has 0 spiro atoms. The van der Waals surface area contributed by atoms with E-state index in [2.05, 4.69) is 4.98 Å². The number of nitrogens with zero attached hydrogens (tertiary/aromatic N) is 1. The van der Waals surface area contributed by atoms with Crippen molar-refractivity contribution in [3.05, 3.63) is 11.8 Å². The lowest BCUT2D eigenvalue weighted by atomic mass is 10.3. The Kier molecular flexibility index (Phi) is 2.41. The van der Waals surface area contributed by atoms with E-state index in [0.29, 0.717) is 37.1 Å². The molecular weight excluding hydrogens is 184 g/mol. The molecule has 1 aliphatic heterocycles. The van der Waals surface area contributed by atoms with Gasteiger partial charge in [0.15, 0.2) is 5.75 Å². The van der Waals surface area contributed by atoms with Crippen LogP contribution in [0.2, 0.25) is 0 Å². The van der Waals surface area contributed by atoms with Crippen molar-refractivity contribution in [2.75, 3.05) is 20.3 Å². The average molecular weight is 196 g/mol. The minimum absolute atomic E-state index is 0.354. The summed E-state index contributed by atoms with van der Waals surface area (Å²) in [5.74, 6) is 1.65. The van der Waals surface area contributed by atoms with Crippen molar-refractivity contribution in [3.63, 3.8) is 0 Å². The van der Waals surface area contributed by atoms with Crippen LogP contribution < -0.4 is 19.9 Å². The van der Waals surface area contributed by atoms with Gasteiger partial charge >= 0.3 is 0 Å². The van der Waals surface area contributed by atoms with E-state index in [-0.39, 0.29) is 0 Å². The molecule has 5 heteroatoms. The predicted octanol–water partition coefficient (Wildman–Crippen LogP) is 0.320. The second-order valence-electron chi connectivity index (χ2n) is 2.85. The monoisotopic (exact) mass is 196 g/mol. The molecule has 0 saturated carbocycles. The van der Waals surface area contributed by atoms with E-state index < -0.39 is 0 Å². The number of nitrogens with two attached hydrogens (primary N) is 1. The summed E-state index contributed by atoms with van der Waals surface area (Å²) in [6.07, 6.45) is 0. The molecule has 5 nitrogen and oxygen atoms in total. The molecular formula is C9H12N2O3. The van der Waals surface area contributed by atoms with E-state index in [9.17, 15) is 0 Å². The van der Waals surface area contributed by atoms with Crippen molar-refractivity contribution >= 4 is 0 Å². The summed E-state index contributed by atoms with van der Waals surface area (Å²) in [7, 11) is 1.58. The van der Waals surface area contributed by atoms with Crippen molar-refractivity contribution in [1.82, 2.24) is 4.98 Å². The standard InChI is InChI=1S/C9H12N2O3/c1-12-7-4-6(5-10)11-9-8(7)13-2-3-14-9/h4H,2-3,5,10H2,1H3. The van der Waals surface area contributed by atoms with Gasteiger partial charge in [0.1, 0.15) is 13.2 Å². The zero-order valence-electron chi connectivity index (χ0n) is 7.95. The van der Waals surface area contributed by atoms with Gasteiger partial charge in [-0.2, -0.15) is 0 Å². The van der Waals surface area contributed by atoms with Crippen molar-refractivity contribution in [1.29, 1.82) is 0 Å². The summed E-state index contributed by atoms with van der Waals surface area (Å²) in [4.78, 5) is 4.19. The molecule has 2 N–H and O–H groups in total. The van der Waals surface area contributed by atoms with Crippen LogP contribution in [-0.2, 0) is 6.54 Å². The summed E-state index contributed by atoms with van der Waals surface area (Å²) in [6.45, 7) is 1.39. The third-order valence-corrected chi connectivity index (χ3v) is 1.96. The van der Waals surface area contributed by atoms with E-state index in [1.165, 1.54) is 0 Å². The molecule has 0 saturated heterocycles. The summed E-state index contributed by atoms with van der Waals surface area (Å²) in [5, 5.41) is 0. The number of hydrogen-bond acceptors (Lipinski definition) is 5. The highest BCUT2D eigenvalue weighted by atomic mass is 16.6. The number of aromatic nitrogens is 1. The molecule has 2 rings (SSSR count). The maximum Gasteiger partial charge on any atom is 0.261 e. The van der Waals surface area contributed by atoms with Crippen LogP contribution in [0.5, 0.6) is 17.4 Å². The van der Waals surface area contributed by atoms with Crippen LogP contribution in [0.15, 0.2) is 6.07 Å². The number of ether oxygens (including phenoxy) is 3. The lowest BCUT2D eigenvalue weighted by Gasteiger charge is -2.19. The lowest BCUT2D eigenvalue weighted by Crippen LogP contribution is -2.18. The molecule has 0 aromatic carbocycles. The van der Waals surface area contributed by atoms with E-state index in [1.807, 2.05) is 0 Å². The van der Waals surface area contributed by atoms with Crippen LogP contribution in [0.3, 0.4) is 0 Å². The Morgan fingerprint density at radius 3 is 3.00 bits per heavy atom. The largest absolute Gasteiger partial charge is 0.493 e. The number of methoxy groups -OCH3 is 1. The Labute approximate surface area is 81.8 Å². The fourth-order valence-electron chi connectivity index (χ4n) is 1.30. The lowest BCUT2D eigenvalue weighted by molar-refractivity contribution is 0.157. The minimum Gasteiger partial charge on any atom is -0.493 e. The van der Waals surface area contributed by atoms with Gasteiger partial charge in [0, 0.05) is 12.6 Å². The second kappa shape index (κ2) is 3.71. The molecule has 1 aliphatic rings. The van der Waals surface area contributed by atoms with Crippen LogP contribution in [-0.4, -0.2) is 25.3 Å². The molecule has 14 heavy (non-hydrogen) atoms. The summed E-state index contributed by atoms with van der Waals surface area (Å²) in [6, 6.07) is 1.76. The zero-order valence-corrected chi connectivity index (χ0v) is 7.95. The first-order valence-corrected chi connectivity index (χ1v) is 4.38. The van der Waals surface area contributed by atoms with E-state index in [0.717, 1.165) is 5.69 Å². The maximum absolute atomic E-state index is 5.49. The molecule has 0 radical (unpaired) electrons. The Bertz CT molecular complexity index is 324. The predicted molar refractivity (Wildman–Crippen MR) is 49.7 cm³/mol. The van der Waals surface area contributed by atoms with Crippen LogP contribution in [0.1, 0.15) is 5.69 Å². The fraction of sp³-hybridized carbons (Fsp3) is 0.444. The summed E-state index contributed by atoms with van der Waals surface area (Å²) < 4.78 is 15.9. The Hall–Kier alpha value is -1.49. The van der Waals surface area contributed by atoms with Crippen LogP contribution in [0.4, 0.5) is 0 Å². The third kappa shape index (κ3) is 1.46. The maximum atomic E-state index is 5.49. The molecule has 0 amide bonds. The first-order valence-electron chi connectivity index (χ1n) is 4.38. The topological polar surface area (TPSA) is 66.6 Å². The van der Waals surface area contributed by atoms with Gasteiger partial charge in [-0.1, -0.05) is 0 Å². The second-order valence-corrected chi connectivity index (χ2v) is 2.85. The van der Waals surface area contributed by atoms with E-state index in [1.54, 1.807) is 13.2 Å². The quantitative estimate of drug-likeness (QED) is 0.737. The third-order valence-electron chi connectivity index (χ3n) is 1.96. The highest BCUT2D eigenvalue weighted by Crippen LogP contribution is 2.37. The van der Waals surface area contributed by atoms with Gasteiger partial charge in [-0.05, 0) is 0 Å². The molecule has 0 aliphatic carbocycles. The van der Waals surface area contributed by atoms with Crippen LogP contribution >= 0.6 is 0 Å². The molecule has 0 fully saturated rings. The molecule has 0 atom stereocenters. The Balaban J connectivity index is 2.47. The van der Waals surface area contributed by atoms with Gasteiger partial charge in [0.05, 0.1) is 12.8 Å². The van der Waals surface area contributed by atoms with Crippen LogP contribution in [0, 0.1) is 0 Å². The summed E-state index contributed by atoms with van der Waals surface area (Å²) in [5.41, 5.74) is 6.22. The van der Waals surface area contributed by atoms with Crippen molar-refractivity contribution in [2.45, 2.75) is 6.54 Å². The molecule has 0 bridgehead atoms. The Morgan fingerprint density at radius 1 is 1.50 bits per heavy atom. The number of pyridine rings is 1. The SMILES string of the molecule is COc1cc(CN)nc2c1OCCO2. The van der Waals surface area contributed by atoms with Gasteiger partial charge in [-0.15, -0.1) is 0 Å². The van der Waals surface area contributed by atoms with Gasteiger partial charge in [-0.25, -0.2) is 4.98 Å². The number of fused-ring (bicyclic) bond motifs is 1. The first kappa shape index (κ1) is 9.08. The number of rotatable bonds is 2. The first-order chi connectivity index (χ1) is 6.85. The molecule has 76 valence electrons. The van der Waals surface area contributed by atoms with Gasteiger partial charge in [-0.3, -0.25) is 0 Å². The highest BCUT2D eigenvalue weighted by molar-refractivity contribution is 5.49. The molecule has 1 aromatic rings. The van der Waals surface area contributed by atoms with Crippen molar-refractivity contribution < 1.29 is 14.2 Å². The van der Waals surface area contributed by atoms with Gasteiger partial charge in [0.2, 0.25) is 5.75 Å². The summed E-state index contributed by atoms with van der Waals surface area (Å²) >= 11 is 0. The molecule has 0 unspecified atom stereocenters. The van der Waals surface area contributed by atoms with Crippen molar-refractivity contribution in [3.8, 4) is 17.4 Å².